The lowest BCUT2D eigenvalue weighted by Gasteiger charge is -2.09. The van der Waals surface area contributed by atoms with Crippen LogP contribution in [-0.2, 0) is 14.0 Å². The van der Waals surface area contributed by atoms with E-state index in [9.17, 15) is 13.2 Å². The van der Waals surface area contributed by atoms with Crippen LogP contribution in [0, 0.1) is 0 Å². The number of anilines is 1. The van der Waals surface area contributed by atoms with Gasteiger partial charge in [-0.3, -0.25) is 4.72 Å². The van der Waals surface area contributed by atoms with Crippen LogP contribution in [0.3, 0.4) is 0 Å². The minimum absolute atomic E-state index is 0.134. The van der Waals surface area contributed by atoms with E-state index < -0.39 is 15.2 Å². The Kier molecular flexibility index (Phi) is 4.19. The first-order chi connectivity index (χ1) is 7.87. The van der Waals surface area contributed by atoms with E-state index in [-0.39, 0.29) is 17.0 Å². The molecule has 0 aromatic heterocycles. The average molecular weight is 280 g/mol. The van der Waals surface area contributed by atoms with Crippen molar-refractivity contribution in [2.24, 2.45) is 0 Å². The lowest BCUT2D eigenvalue weighted by molar-refractivity contribution is 0.0600. The first kappa shape index (κ1) is 13.6. The molecule has 0 saturated carbocycles. The first-order valence-corrected chi connectivity index (χ1v) is 6.67. The number of nitrogens with one attached hydrogen (secondary N) is 1. The van der Waals surface area contributed by atoms with Crippen LogP contribution >= 0.6 is 10.7 Å². The smallest absolute Gasteiger partial charge is 0.337 e. The molecular weight excluding hydrogens is 270 g/mol. The summed E-state index contributed by atoms with van der Waals surface area (Å²) in [5, 5.41) is 0. The van der Waals surface area contributed by atoms with E-state index in [4.69, 9.17) is 15.4 Å². The van der Waals surface area contributed by atoms with Crippen LogP contribution < -0.4 is 9.46 Å². The number of hydrogen-bond donors (Lipinski definition) is 1. The highest BCUT2D eigenvalue weighted by molar-refractivity contribution is 8.14. The highest BCUT2D eigenvalue weighted by atomic mass is 35.7. The van der Waals surface area contributed by atoms with Crippen molar-refractivity contribution < 1.29 is 22.7 Å². The summed E-state index contributed by atoms with van der Waals surface area (Å²) in [7, 11) is 3.69. The molecule has 0 aliphatic carbocycles. The molecule has 0 heterocycles. The van der Waals surface area contributed by atoms with Gasteiger partial charge in [-0.05, 0) is 18.2 Å². The van der Waals surface area contributed by atoms with Gasteiger partial charge in [0.2, 0.25) is 0 Å². The molecule has 0 bridgehead atoms. The Labute approximate surface area is 103 Å². The van der Waals surface area contributed by atoms with Crippen LogP contribution in [0.2, 0.25) is 0 Å². The number of benzene rings is 1. The van der Waals surface area contributed by atoms with E-state index in [1.165, 1.54) is 32.4 Å². The Balaban J connectivity index is 3.14. The molecule has 0 spiro atoms. The maximum Gasteiger partial charge on any atom is 0.337 e. The lowest BCUT2D eigenvalue weighted by atomic mass is 10.2. The Morgan fingerprint density at radius 3 is 2.47 bits per heavy atom. The van der Waals surface area contributed by atoms with Crippen molar-refractivity contribution in [2.75, 3.05) is 18.9 Å². The molecule has 0 fully saturated rings. The fraction of sp³-hybridized carbons (Fsp3) is 0.222. The third kappa shape index (κ3) is 3.79. The molecular formula is C9H10ClNO5S. The fourth-order valence-corrected chi connectivity index (χ4v) is 1.83. The summed E-state index contributed by atoms with van der Waals surface area (Å²) < 4.78 is 33.2. The number of carbonyl (C=O) groups excluding carboxylic acids is 1. The molecule has 6 nitrogen and oxygen atoms in total. The number of ether oxygens (including phenoxy) is 2. The van der Waals surface area contributed by atoms with Gasteiger partial charge < -0.3 is 9.47 Å². The van der Waals surface area contributed by atoms with Gasteiger partial charge >= 0.3 is 15.2 Å². The summed E-state index contributed by atoms with van der Waals surface area (Å²) in [6.45, 7) is 0. The Bertz CT molecular complexity index is 528. The highest BCUT2D eigenvalue weighted by Gasteiger charge is 2.13. The molecule has 17 heavy (non-hydrogen) atoms. The number of carbonyl (C=O) groups is 1. The predicted molar refractivity (Wildman–Crippen MR) is 62.7 cm³/mol. The van der Waals surface area contributed by atoms with Gasteiger partial charge in [0, 0.05) is 10.7 Å². The summed E-state index contributed by atoms with van der Waals surface area (Å²) >= 11 is 0. The molecule has 0 aliphatic heterocycles. The molecule has 1 aromatic rings. The zero-order valence-electron chi connectivity index (χ0n) is 9.06. The molecule has 0 amide bonds. The Morgan fingerprint density at radius 1 is 1.35 bits per heavy atom. The summed E-state index contributed by atoms with van der Waals surface area (Å²) in [6.07, 6.45) is 0. The third-order valence-electron chi connectivity index (χ3n) is 1.85. The Hall–Kier alpha value is -1.47. The van der Waals surface area contributed by atoms with Gasteiger partial charge in [0.05, 0.1) is 25.5 Å². The molecule has 0 unspecified atom stereocenters. The topological polar surface area (TPSA) is 81.7 Å². The van der Waals surface area contributed by atoms with E-state index in [1.807, 2.05) is 4.72 Å². The molecule has 0 saturated heterocycles. The molecule has 0 radical (unpaired) electrons. The van der Waals surface area contributed by atoms with Crippen LogP contribution in [-0.4, -0.2) is 28.6 Å². The van der Waals surface area contributed by atoms with E-state index in [1.54, 1.807) is 0 Å². The van der Waals surface area contributed by atoms with Crippen molar-refractivity contribution in [1.29, 1.82) is 0 Å². The maximum atomic E-state index is 11.2. The van der Waals surface area contributed by atoms with E-state index >= 15 is 0 Å². The van der Waals surface area contributed by atoms with Crippen LogP contribution in [0.5, 0.6) is 5.75 Å². The van der Waals surface area contributed by atoms with Gasteiger partial charge in [-0.2, -0.15) is 8.42 Å². The summed E-state index contributed by atoms with van der Waals surface area (Å²) in [5.74, 6) is -0.388. The second kappa shape index (κ2) is 5.24. The zero-order chi connectivity index (χ0) is 13.1. The van der Waals surface area contributed by atoms with E-state index in [2.05, 4.69) is 4.74 Å². The van der Waals surface area contributed by atoms with Crippen LogP contribution in [0.1, 0.15) is 10.4 Å². The fourth-order valence-electron chi connectivity index (χ4n) is 1.15. The number of halogens is 1. The largest absolute Gasteiger partial charge is 0.495 e. The minimum Gasteiger partial charge on any atom is -0.495 e. The molecule has 8 heteroatoms. The molecule has 94 valence electrons. The molecule has 0 atom stereocenters. The SMILES string of the molecule is COC(=O)c1ccc(NS(=O)(=O)Cl)c(OC)c1. The van der Waals surface area contributed by atoms with Crippen LogP contribution in [0.25, 0.3) is 0 Å². The van der Waals surface area contributed by atoms with Gasteiger partial charge in [0.1, 0.15) is 5.75 Å². The van der Waals surface area contributed by atoms with Gasteiger partial charge in [0.15, 0.2) is 0 Å². The number of esters is 1. The molecule has 0 aliphatic rings. The van der Waals surface area contributed by atoms with Crippen molar-refractivity contribution in [3.05, 3.63) is 23.8 Å². The van der Waals surface area contributed by atoms with Crippen LogP contribution in [0.15, 0.2) is 18.2 Å². The second-order valence-corrected chi connectivity index (χ2v) is 5.25. The van der Waals surface area contributed by atoms with Gasteiger partial charge in [-0.25, -0.2) is 4.79 Å². The van der Waals surface area contributed by atoms with Crippen LogP contribution in [0.4, 0.5) is 5.69 Å². The summed E-state index contributed by atoms with van der Waals surface area (Å²) in [5.41, 5.74) is 0.372. The monoisotopic (exact) mass is 279 g/mol. The second-order valence-electron chi connectivity index (χ2n) is 2.95. The van der Waals surface area contributed by atoms with E-state index in [0.717, 1.165) is 0 Å². The van der Waals surface area contributed by atoms with Crippen molar-refractivity contribution in [3.8, 4) is 5.75 Å². The van der Waals surface area contributed by atoms with Crippen molar-refractivity contribution >= 4 is 31.6 Å². The number of rotatable bonds is 4. The first-order valence-electron chi connectivity index (χ1n) is 4.36. The maximum absolute atomic E-state index is 11.2. The van der Waals surface area contributed by atoms with Crippen molar-refractivity contribution in [1.82, 2.24) is 0 Å². The average Bonchev–Trinajstić information content (AvgIpc) is 2.26. The molecule has 1 aromatic carbocycles. The van der Waals surface area contributed by atoms with Gasteiger partial charge in [-0.1, -0.05) is 0 Å². The van der Waals surface area contributed by atoms with Crippen molar-refractivity contribution in [2.45, 2.75) is 0 Å². The third-order valence-corrected chi connectivity index (χ3v) is 2.55. The zero-order valence-corrected chi connectivity index (χ0v) is 10.6. The Morgan fingerprint density at radius 2 is 2.00 bits per heavy atom. The number of hydrogen-bond acceptors (Lipinski definition) is 5. The molecule has 1 N–H and O–H groups in total. The quantitative estimate of drug-likeness (QED) is 0.665. The lowest BCUT2D eigenvalue weighted by Crippen LogP contribution is -2.07. The standard InChI is InChI=1S/C9H10ClNO5S/c1-15-8-5-6(9(12)16-2)3-4-7(8)11-17(10,13)14/h3-5,11H,1-2H3. The predicted octanol–water partition coefficient (Wildman–Crippen LogP) is 1.38. The summed E-state index contributed by atoms with van der Waals surface area (Å²) in [4.78, 5) is 11.2. The van der Waals surface area contributed by atoms with Crippen molar-refractivity contribution in [3.63, 3.8) is 0 Å². The highest BCUT2D eigenvalue weighted by Crippen LogP contribution is 2.27. The summed E-state index contributed by atoms with van der Waals surface area (Å²) in [6, 6.07) is 4.08. The van der Waals surface area contributed by atoms with Gasteiger partial charge in [-0.15, -0.1) is 0 Å². The van der Waals surface area contributed by atoms with E-state index in [0.29, 0.717) is 0 Å². The number of methoxy groups -OCH3 is 2. The minimum atomic E-state index is -3.92. The normalized spacial score (nSPS) is 10.8. The van der Waals surface area contributed by atoms with Gasteiger partial charge in [0.25, 0.3) is 0 Å². The molecule has 1 rings (SSSR count).